The molecule has 2 rings (SSSR count). The molecule has 2 aromatic carbocycles. The highest BCUT2D eigenvalue weighted by molar-refractivity contribution is 5.90. The number of methoxy groups -OCH3 is 1. The fraction of sp³-hybridized carbons (Fsp3) is 0.118. The van der Waals surface area contributed by atoms with Gasteiger partial charge in [0.2, 0.25) is 0 Å². The van der Waals surface area contributed by atoms with Crippen molar-refractivity contribution in [3.63, 3.8) is 0 Å². The molecule has 0 fully saturated rings. The van der Waals surface area contributed by atoms with E-state index in [2.05, 4.69) is 10.6 Å². The van der Waals surface area contributed by atoms with Crippen LogP contribution in [0.2, 0.25) is 0 Å². The third kappa shape index (κ3) is 4.69. The number of benzene rings is 2. The van der Waals surface area contributed by atoms with Crippen molar-refractivity contribution >= 4 is 17.8 Å². The molecule has 2 amide bonds. The largest absolute Gasteiger partial charge is 0.497 e. The zero-order valence-corrected chi connectivity index (χ0v) is 12.1. The number of amides is 2. The van der Waals surface area contributed by atoms with E-state index in [0.717, 1.165) is 22.6 Å². The molecule has 108 valence electrons. The van der Waals surface area contributed by atoms with Gasteiger partial charge >= 0.3 is 6.03 Å². The third-order valence-electron chi connectivity index (χ3n) is 2.88. The quantitative estimate of drug-likeness (QED) is 0.896. The molecule has 0 aliphatic carbocycles. The highest BCUT2D eigenvalue weighted by Crippen LogP contribution is 2.12. The van der Waals surface area contributed by atoms with Crippen LogP contribution in [0.1, 0.15) is 11.1 Å². The first-order valence-corrected chi connectivity index (χ1v) is 6.62. The summed E-state index contributed by atoms with van der Waals surface area (Å²) in [6, 6.07) is 14.9. The van der Waals surface area contributed by atoms with Crippen molar-refractivity contribution in [2.45, 2.75) is 6.92 Å². The summed E-state index contributed by atoms with van der Waals surface area (Å²) in [5, 5.41) is 5.43. The van der Waals surface area contributed by atoms with E-state index >= 15 is 0 Å². The van der Waals surface area contributed by atoms with E-state index in [1.165, 1.54) is 0 Å². The zero-order valence-electron chi connectivity index (χ0n) is 12.1. The maximum Gasteiger partial charge on any atom is 0.323 e. The predicted molar refractivity (Wildman–Crippen MR) is 85.4 cm³/mol. The second-order valence-electron chi connectivity index (χ2n) is 4.57. The van der Waals surface area contributed by atoms with Crippen molar-refractivity contribution in [1.29, 1.82) is 0 Å². The summed E-state index contributed by atoms with van der Waals surface area (Å²) in [6.07, 6.45) is 3.42. The number of rotatable bonds is 4. The number of hydrogen-bond donors (Lipinski definition) is 2. The van der Waals surface area contributed by atoms with Crippen molar-refractivity contribution in [3.05, 3.63) is 65.9 Å². The number of urea groups is 1. The molecule has 2 N–H and O–H groups in total. The average molecular weight is 282 g/mol. The molecule has 0 aromatic heterocycles. The van der Waals surface area contributed by atoms with E-state index in [-0.39, 0.29) is 6.03 Å². The lowest BCUT2D eigenvalue weighted by atomic mass is 10.2. The first kappa shape index (κ1) is 14.7. The molecule has 0 aliphatic heterocycles. The molecule has 0 saturated heterocycles. The van der Waals surface area contributed by atoms with Gasteiger partial charge in [0.15, 0.2) is 0 Å². The van der Waals surface area contributed by atoms with Crippen LogP contribution in [0.4, 0.5) is 10.5 Å². The number of carbonyl (C=O) groups is 1. The molecule has 2 aromatic rings. The highest BCUT2D eigenvalue weighted by atomic mass is 16.5. The van der Waals surface area contributed by atoms with Gasteiger partial charge < -0.3 is 15.4 Å². The van der Waals surface area contributed by atoms with Crippen LogP contribution in [-0.2, 0) is 0 Å². The van der Waals surface area contributed by atoms with Crippen LogP contribution < -0.4 is 15.4 Å². The van der Waals surface area contributed by atoms with Crippen molar-refractivity contribution in [2.24, 2.45) is 0 Å². The average Bonchev–Trinajstić information content (AvgIpc) is 2.48. The highest BCUT2D eigenvalue weighted by Gasteiger charge is 1.98. The van der Waals surface area contributed by atoms with E-state index in [1.54, 1.807) is 13.3 Å². The molecule has 0 aliphatic rings. The van der Waals surface area contributed by atoms with Gasteiger partial charge in [0.25, 0.3) is 0 Å². The minimum Gasteiger partial charge on any atom is -0.497 e. The lowest BCUT2D eigenvalue weighted by Gasteiger charge is -2.05. The maximum atomic E-state index is 11.7. The van der Waals surface area contributed by atoms with Gasteiger partial charge in [-0.25, -0.2) is 4.79 Å². The van der Waals surface area contributed by atoms with Crippen LogP contribution >= 0.6 is 0 Å². The molecule has 0 unspecified atom stereocenters. The van der Waals surface area contributed by atoms with Gasteiger partial charge in [0.1, 0.15) is 5.75 Å². The number of carbonyl (C=O) groups excluding carboxylic acids is 1. The van der Waals surface area contributed by atoms with Crippen molar-refractivity contribution < 1.29 is 9.53 Å². The minimum atomic E-state index is -0.273. The third-order valence-corrected chi connectivity index (χ3v) is 2.88. The van der Waals surface area contributed by atoms with Gasteiger partial charge in [-0.1, -0.05) is 24.3 Å². The van der Waals surface area contributed by atoms with E-state index in [4.69, 9.17) is 4.74 Å². The standard InChI is InChI=1S/C17H18N2O2/c1-13-4-3-5-15(12-13)19-17(20)18-11-10-14-6-8-16(21-2)9-7-14/h3-12H,1-2H3,(H2,18,19,20)/b11-10+. The van der Waals surface area contributed by atoms with Gasteiger partial charge in [-0.05, 0) is 48.4 Å². The number of nitrogens with one attached hydrogen (secondary N) is 2. The van der Waals surface area contributed by atoms with Crippen molar-refractivity contribution in [2.75, 3.05) is 12.4 Å². The zero-order chi connectivity index (χ0) is 15.1. The predicted octanol–water partition coefficient (Wildman–Crippen LogP) is 3.80. The molecule has 0 heterocycles. The molecule has 0 spiro atoms. The van der Waals surface area contributed by atoms with E-state index < -0.39 is 0 Å². The maximum absolute atomic E-state index is 11.7. The van der Waals surface area contributed by atoms with Gasteiger partial charge in [0.05, 0.1) is 7.11 Å². The lowest BCUT2D eigenvalue weighted by Crippen LogP contribution is -2.23. The van der Waals surface area contributed by atoms with Gasteiger partial charge in [-0.15, -0.1) is 0 Å². The van der Waals surface area contributed by atoms with Crippen LogP contribution in [-0.4, -0.2) is 13.1 Å². The Kier molecular flexibility index (Phi) is 4.99. The topological polar surface area (TPSA) is 50.4 Å². The Morgan fingerprint density at radius 1 is 1.14 bits per heavy atom. The molecule has 21 heavy (non-hydrogen) atoms. The number of hydrogen-bond acceptors (Lipinski definition) is 2. The fourth-order valence-corrected chi connectivity index (χ4v) is 1.82. The van der Waals surface area contributed by atoms with Gasteiger partial charge in [0, 0.05) is 11.9 Å². The van der Waals surface area contributed by atoms with Crippen LogP contribution in [0, 0.1) is 6.92 Å². The summed E-state index contributed by atoms with van der Waals surface area (Å²) in [5.74, 6) is 0.803. The molecule has 4 nitrogen and oxygen atoms in total. The fourth-order valence-electron chi connectivity index (χ4n) is 1.82. The minimum absolute atomic E-state index is 0.273. The monoisotopic (exact) mass is 282 g/mol. The summed E-state index contributed by atoms with van der Waals surface area (Å²) in [6.45, 7) is 1.98. The normalized spacial score (nSPS) is 10.4. The van der Waals surface area contributed by atoms with Crippen LogP contribution in [0.5, 0.6) is 5.75 Å². The summed E-state index contributed by atoms with van der Waals surface area (Å²) >= 11 is 0. The SMILES string of the molecule is COc1ccc(/C=C/NC(=O)Nc2cccc(C)c2)cc1. The summed E-state index contributed by atoms with van der Waals surface area (Å²) in [5.41, 5.74) is 2.85. The Morgan fingerprint density at radius 2 is 1.90 bits per heavy atom. The summed E-state index contributed by atoms with van der Waals surface area (Å²) < 4.78 is 5.08. The van der Waals surface area contributed by atoms with Crippen LogP contribution in [0.3, 0.4) is 0 Å². The van der Waals surface area contributed by atoms with Crippen LogP contribution in [0.25, 0.3) is 6.08 Å². The Hall–Kier alpha value is -2.75. The molecule has 0 atom stereocenters. The Morgan fingerprint density at radius 3 is 2.57 bits per heavy atom. The smallest absolute Gasteiger partial charge is 0.323 e. The Balaban J connectivity index is 1.86. The molecule has 4 heteroatoms. The number of anilines is 1. The second kappa shape index (κ2) is 7.14. The van der Waals surface area contributed by atoms with Gasteiger partial charge in [-0.2, -0.15) is 0 Å². The lowest BCUT2D eigenvalue weighted by molar-refractivity contribution is 0.255. The molecular formula is C17H18N2O2. The van der Waals surface area contributed by atoms with E-state index in [1.807, 2.05) is 61.5 Å². The van der Waals surface area contributed by atoms with Crippen molar-refractivity contribution in [3.8, 4) is 5.75 Å². The summed E-state index contributed by atoms with van der Waals surface area (Å²) in [7, 11) is 1.63. The number of aryl methyl sites for hydroxylation is 1. The van der Waals surface area contributed by atoms with Crippen molar-refractivity contribution in [1.82, 2.24) is 5.32 Å². The van der Waals surface area contributed by atoms with E-state index in [0.29, 0.717) is 0 Å². The first-order chi connectivity index (χ1) is 10.2. The van der Waals surface area contributed by atoms with Crippen LogP contribution in [0.15, 0.2) is 54.7 Å². The number of ether oxygens (including phenoxy) is 1. The summed E-state index contributed by atoms with van der Waals surface area (Å²) in [4.78, 5) is 11.7. The first-order valence-electron chi connectivity index (χ1n) is 6.62. The molecule has 0 bridgehead atoms. The Bertz CT molecular complexity index is 633. The second-order valence-corrected chi connectivity index (χ2v) is 4.57. The molecular weight excluding hydrogens is 264 g/mol. The molecule has 0 saturated carbocycles. The molecule has 0 radical (unpaired) electrons. The van der Waals surface area contributed by atoms with E-state index in [9.17, 15) is 4.79 Å². The van der Waals surface area contributed by atoms with Gasteiger partial charge in [-0.3, -0.25) is 0 Å². The Labute approximate surface area is 124 Å².